The van der Waals surface area contributed by atoms with Gasteiger partial charge in [-0.1, -0.05) is 29.3 Å². The number of rotatable bonds is 5. The summed E-state index contributed by atoms with van der Waals surface area (Å²) in [6.45, 7) is -0.109. The van der Waals surface area contributed by atoms with E-state index in [9.17, 15) is 18.0 Å². The van der Waals surface area contributed by atoms with Crippen molar-refractivity contribution in [2.24, 2.45) is 0 Å². The molecule has 24 heavy (non-hydrogen) atoms. The maximum atomic E-state index is 12.1. The molecule has 2 rings (SSSR count). The molecule has 0 bridgehead atoms. The van der Waals surface area contributed by atoms with Gasteiger partial charge in [0.15, 0.2) is 0 Å². The lowest BCUT2D eigenvalue weighted by Crippen LogP contribution is -2.22. The quantitative estimate of drug-likeness (QED) is 0.774. The van der Waals surface area contributed by atoms with Crippen molar-refractivity contribution in [3.63, 3.8) is 0 Å². The summed E-state index contributed by atoms with van der Waals surface area (Å²) in [5.41, 5.74) is 0.821. The minimum atomic E-state index is -4.74. The van der Waals surface area contributed by atoms with Gasteiger partial charge in [-0.15, -0.1) is 13.2 Å². The van der Waals surface area contributed by atoms with Crippen molar-refractivity contribution < 1.29 is 22.7 Å². The Morgan fingerprint density at radius 3 is 2.38 bits per heavy atom. The van der Waals surface area contributed by atoms with Crippen LogP contribution in [0.15, 0.2) is 42.5 Å². The SMILES string of the molecule is O=C(CNc1ccc(OC(F)(F)F)cc1)Nc1cccc(Cl)c1Cl. The average molecular weight is 379 g/mol. The number of hydrogen-bond acceptors (Lipinski definition) is 3. The lowest BCUT2D eigenvalue weighted by molar-refractivity contribution is -0.274. The summed E-state index contributed by atoms with van der Waals surface area (Å²) >= 11 is 11.8. The van der Waals surface area contributed by atoms with Crippen molar-refractivity contribution in [2.45, 2.75) is 6.36 Å². The third-order valence-corrected chi connectivity index (χ3v) is 3.59. The molecule has 0 radical (unpaired) electrons. The molecular formula is C15H11Cl2F3N2O2. The van der Waals surface area contributed by atoms with Crippen LogP contribution in [0.25, 0.3) is 0 Å². The summed E-state index contributed by atoms with van der Waals surface area (Å²) in [4.78, 5) is 11.9. The zero-order valence-corrected chi connectivity index (χ0v) is 13.5. The zero-order chi connectivity index (χ0) is 17.7. The summed E-state index contributed by atoms with van der Waals surface area (Å²) in [5.74, 6) is -0.738. The van der Waals surface area contributed by atoms with E-state index in [2.05, 4.69) is 15.4 Å². The van der Waals surface area contributed by atoms with E-state index in [1.807, 2.05) is 0 Å². The van der Waals surface area contributed by atoms with Crippen LogP contribution in [-0.2, 0) is 4.79 Å². The molecule has 0 saturated carbocycles. The van der Waals surface area contributed by atoms with E-state index in [-0.39, 0.29) is 17.3 Å². The first-order valence-electron chi connectivity index (χ1n) is 6.58. The molecular weight excluding hydrogens is 368 g/mol. The molecule has 128 valence electrons. The fraction of sp³-hybridized carbons (Fsp3) is 0.133. The molecule has 0 aliphatic heterocycles. The van der Waals surface area contributed by atoms with Gasteiger partial charge in [0, 0.05) is 5.69 Å². The number of nitrogens with one attached hydrogen (secondary N) is 2. The Labute approximate surface area is 145 Å². The normalized spacial score (nSPS) is 11.0. The largest absolute Gasteiger partial charge is 0.573 e. The van der Waals surface area contributed by atoms with Gasteiger partial charge >= 0.3 is 6.36 Å². The lowest BCUT2D eigenvalue weighted by Gasteiger charge is -2.11. The standard InChI is InChI=1S/C15H11Cl2F3N2O2/c16-11-2-1-3-12(14(11)17)22-13(23)8-21-9-4-6-10(7-5-9)24-15(18,19)20/h1-7,21H,8H2,(H,22,23). The summed E-state index contributed by atoms with van der Waals surface area (Å²) in [6.07, 6.45) is -4.74. The van der Waals surface area contributed by atoms with Gasteiger partial charge in [-0.25, -0.2) is 0 Å². The maximum absolute atomic E-state index is 12.1. The number of benzene rings is 2. The van der Waals surface area contributed by atoms with Gasteiger partial charge in [0.05, 0.1) is 22.3 Å². The second kappa shape index (κ2) is 7.63. The van der Waals surface area contributed by atoms with Crippen LogP contribution in [0.3, 0.4) is 0 Å². The first-order chi connectivity index (χ1) is 11.2. The number of anilines is 2. The minimum absolute atomic E-state index is 0.109. The fourth-order valence-electron chi connectivity index (χ4n) is 1.75. The number of ether oxygens (including phenoxy) is 1. The van der Waals surface area contributed by atoms with Crippen molar-refractivity contribution in [3.8, 4) is 5.75 Å². The van der Waals surface area contributed by atoms with E-state index in [1.54, 1.807) is 18.2 Å². The molecule has 2 N–H and O–H groups in total. The Morgan fingerprint density at radius 2 is 1.75 bits per heavy atom. The summed E-state index contributed by atoms with van der Waals surface area (Å²) in [7, 11) is 0. The van der Waals surface area contributed by atoms with Crippen molar-refractivity contribution in [1.29, 1.82) is 0 Å². The van der Waals surface area contributed by atoms with E-state index in [4.69, 9.17) is 23.2 Å². The molecule has 0 atom stereocenters. The van der Waals surface area contributed by atoms with E-state index >= 15 is 0 Å². The Bertz CT molecular complexity index is 722. The zero-order valence-electron chi connectivity index (χ0n) is 12.0. The molecule has 0 unspecified atom stereocenters. The van der Waals surface area contributed by atoms with Crippen LogP contribution in [0.4, 0.5) is 24.5 Å². The van der Waals surface area contributed by atoms with Gasteiger partial charge in [0.1, 0.15) is 5.75 Å². The number of halogens is 5. The minimum Gasteiger partial charge on any atom is -0.406 e. The number of hydrogen-bond donors (Lipinski definition) is 2. The van der Waals surface area contributed by atoms with Gasteiger partial charge in [0.2, 0.25) is 5.91 Å². The van der Waals surface area contributed by atoms with Crippen molar-refractivity contribution >= 4 is 40.5 Å². The number of carbonyl (C=O) groups is 1. The second-order valence-electron chi connectivity index (χ2n) is 4.58. The highest BCUT2D eigenvalue weighted by molar-refractivity contribution is 6.44. The molecule has 0 aliphatic rings. The van der Waals surface area contributed by atoms with Crippen LogP contribution in [0.2, 0.25) is 10.0 Å². The van der Waals surface area contributed by atoms with Crippen LogP contribution in [0.5, 0.6) is 5.75 Å². The summed E-state index contributed by atoms with van der Waals surface area (Å²) in [6, 6.07) is 9.82. The van der Waals surface area contributed by atoms with E-state index in [0.717, 1.165) is 12.1 Å². The van der Waals surface area contributed by atoms with Crippen LogP contribution < -0.4 is 15.4 Å². The molecule has 0 spiro atoms. The highest BCUT2D eigenvalue weighted by Gasteiger charge is 2.30. The third kappa shape index (κ3) is 5.50. The Kier molecular flexibility index (Phi) is 5.80. The third-order valence-electron chi connectivity index (χ3n) is 2.77. The van der Waals surface area contributed by atoms with E-state index in [1.165, 1.54) is 12.1 Å². The Morgan fingerprint density at radius 1 is 1.08 bits per heavy atom. The van der Waals surface area contributed by atoms with Gasteiger partial charge in [-0.3, -0.25) is 4.79 Å². The predicted molar refractivity (Wildman–Crippen MR) is 86.7 cm³/mol. The maximum Gasteiger partial charge on any atom is 0.573 e. The van der Waals surface area contributed by atoms with Crippen molar-refractivity contribution in [3.05, 3.63) is 52.5 Å². The number of carbonyl (C=O) groups excluding carboxylic acids is 1. The van der Waals surface area contributed by atoms with Crippen LogP contribution in [0, 0.1) is 0 Å². The highest BCUT2D eigenvalue weighted by atomic mass is 35.5. The summed E-state index contributed by atoms with van der Waals surface area (Å²) in [5, 5.41) is 5.87. The van der Waals surface area contributed by atoms with E-state index < -0.39 is 12.3 Å². The lowest BCUT2D eigenvalue weighted by atomic mass is 10.3. The van der Waals surface area contributed by atoms with Gasteiger partial charge in [-0.2, -0.15) is 0 Å². The second-order valence-corrected chi connectivity index (χ2v) is 5.36. The molecule has 2 aromatic carbocycles. The van der Waals surface area contributed by atoms with Crippen LogP contribution >= 0.6 is 23.2 Å². The number of amides is 1. The molecule has 0 saturated heterocycles. The molecule has 0 heterocycles. The average Bonchev–Trinajstić information content (AvgIpc) is 2.50. The Hall–Kier alpha value is -2.12. The molecule has 2 aromatic rings. The van der Waals surface area contributed by atoms with Gasteiger partial charge in [0.25, 0.3) is 0 Å². The molecule has 0 fully saturated rings. The monoisotopic (exact) mass is 378 g/mol. The molecule has 0 aromatic heterocycles. The smallest absolute Gasteiger partial charge is 0.406 e. The molecule has 4 nitrogen and oxygen atoms in total. The molecule has 9 heteroatoms. The molecule has 0 aliphatic carbocycles. The highest BCUT2D eigenvalue weighted by Crippen LogP contribution is 2.29. The van der Waals surface area contributed by atoms with Crippen LogP contribution in [-0.4, -0.2) is 18.8 Å². The van der Waals surface area contributed by atoms with E-state index in [0.29, 0.717) is 16.4 Å². The van der Waals surface area contributed by atoms with Gasteiger partial charge < -0.3 is 15.4 Å². The first-order valence-corrected chi connectivity index (χ1v) is 7.34. The topological polar surface area (TPSA) is 50.4 Å². The fourth-order valence-corrected chi connectivity index (χ4v) is 2.10. The van der Waals surface area contributed by atoms with Crippen molar-refractivity contribution in [2.75, 3.05) is 17.2 Å². The van der Waals surface area contributed by atoms with Crippen LogP contribution in [0.1, 0.15) is 0 Å². The predicted octanol–water partition coefficient (Wildman–Crippen LogP) is 4.94. The van der Waals surface area contributed by atoms with Crippen molar-refractivity contribution in [1.82, 2.24) is 0 Å². The Balaban J connectivity index is 1.89. The van der Waals surface area contributed by atoms with Gasteiger partial charge in [-0.05, 0) is 36.4 Å². The first kappa shape index (κ1) is 18.2. The summed E-state index contributed by atoms with van der Waals surface area (Å²) < 4.78 is 39.9. The number of alkyl halides is 3. The molecule has 1 amide bonds.